The molecular formula is C22H35N5O2. The lowest BCUT2D eigenvalue weighted by atomic mass is 10.1. The van der Waals surface area contributed by atoms with Crippen LogP contribution in [0, 0.1) is 6.92 Å². The Bertz CT molecular complexity index is 715. The highest BCUT2D eigenvalue weighted by atomic mass is 16.5. The first kappa shape index (κ1) is 22.9. The number of hydrogen-bond donors (Lipinski definition) is 2. The molecule has 0 aliphatic carbocycles. The summed E-state index contributed by atoms with van der Waals surface area (Å²) >= 11 is 0. The van der Waals surface area contributed by atoms with E-state index in [4.69, 9.17) is 9.47 Å². The topological polar surface area (TPSA) is 72.7 Å². The summed E-state index contributed by atoms with van der Waals surface area (Å²) in [6.45, 7) is 8.61. The van der Waals surface area contributed by atoms with Crippen molar-refractivity contribution in [3.8, 4) is 5.69 Å². The van der Waals surface area contributed by atoms with Gasteiger partial charge < -0.3 is 20.1 Å². The van der Waals surface area contributed by atoms with Gasteiger partial charge >= 0.3 is 0 Å². The molecule has 0 amide bonds. The van der Waals surface area contributed by atoms with Gasteiger partial charge in [-0.05, 0) is 50.8 Å². The van der Waals surface area contributed by atoms with Gasteiger partial charge in [-0.2, -0.15) is 5.10 Å². The summed E-state index contributed by atoms with van der Waals surface area (Å²) in [6.07, 6.45) is 5.01. The molecule has 0 spiro atoms. The number of ether oxygens (including phenoxy) is 2. The van der Waals surface area contributed by atoms with E-state index in [0.717, 1.165) is 62.8 Å². The molecule has 0 atom stereocenters. The van der Waals surface area contributed by atoms with Crippen molar-refractivity contribution in [2.75, 3.05) is 46.6 Å². The summed E-state index contributed by atoms with van der Waals surface area (Å²) in [4.78, 5) is 4.68. The maximum absolute atomic E-state index is 5.48. The monoisotopic (exact) mass is 401 g/mol. The Morgan fingerprint density at radius 3 is 2.69 bits per heavy atom. The lowest BCUT2D eigenvalue weighted by molar-refractivity contribution is 0.0698. The molecule has 2 rings (SSSR count). The number of nitrogens with zero attached hydrogens (tertiary/aromatic N) is 3. The third-order valence-corrected chi connectivity index (χ3v) is 4.43. The average molecular weight is 402 g/mol. The number of rotatable bonds is 13. The van der Waals surface area contributed by atoms with Crippen LogP contribution in [0.15, 0.2) is 41.5 Å². The van der Waals surface area contributed by atoms with E-state index in [-0.39, 0.29) is 0 Å². The Kier molecular flexibility index (Phi) is 10.9. The molecule has 1 aromatic carbocycles. The predicted octanol–water partition coefficient (Wildman–Crippen LogP) is 2.72. The minimum Gasteiger partial charge on any atom is -0.382 e. The highest BCUT2D eigenvalue weighted by Gasteiger charge is 2.06. The number of guanidine groups is 1. The van der Waals surface area contributed by atoms with Gasteiger partial charge in [0.1, 0.15) is 0 Å². The fraction of sp³-hybridized carbons (Fsp3) is 0.545. The minimum atomic E-state index is 0.640. The van der Waals surface area contributed by atoms with Gasteiger partial charge in [0.2, 0.25) is 0 Å². The maximum Gasteiger partial charge on any atom is 0.191 e. The molecule has 0 aliphatic heterocycles. The first-order chi connectivity index (χ1) is 14.2. The van der Waals surface area contributed by atoms with Gasteiger partial charge in [-0.25, -0.2) is 4.68 Å². The number of aromatic nitrogens is 2. The van der Waals surface area contributed by atoms with Crippen molar-refractivity contribution >= 4 is 5.96 Å². The molecule has 1 heterocycles. The second kappa shape index (κ2) is 13.7. The van der Waals surface area contributed by atoms with Crippen LogP contribution in [0.3, 0.4) is 0 Å². The van der Waals surface area contributed by atoms with Crippen LogP contribution in [-0.4, -0.2) is 62.3 Å². The van der Waals surface area contributed by atoms with Crippen LogP contribution < -0.4 is 10.6 Å². The van der Waals surface area contributed by atoms with Crippen LogP contribution in [0.4, 0.5) is 0 Å². The number of nitrogens with one attached hydrogen (secondary N) is 2. The third-order valence-electron chi connectivity index (χ3n) is 4.43. The highest BCUT2D eigenvalue weighted by Crippen LogP contribution is 2.13. The van der Waals surface area contributed by atoms with Crippen LogP contribution >= 0.6 is 0 Å². The number of aliphatic imine (C=N–C) groups is 1. The van der Waals surface area contributed by atoms with Crippen molar-refractivity contribution < 1.29 is 9.47 Å². The van der Waals surface area contributed by atoms with E-state index in [1.807, 2.05) is 22.9 Å². The number of aryl methyl sites for hydroxylation is 2. The Balaban J connectivity index is 1.73. The summed E-state index contributed by atoms with van der Waals surface area (Å²) in [6, 6.07) is 10.2. The van der Waals surface area contributed by atoms with E-state index in [1.165, 1.54) is 5.56 Å². The fourth-order valence-corrected chi connectivity index (χ4v) is 2.88. The zero-order valence-electron chi connectivity index (χ0n) is 18.0. The summed E-state index contributed by atoms with van der Waals surface area (Å²) in [7, 11) is 1.68. The van der Waals surface area contributed by atoms with E-state index in [0.29, 0.717) is 13.2 Å². The fourth-order valence-electron chi connectivity index (χ4n) is 2.88. The molecule has 0 radical (unpaired) electrons. The van der Waals surface area contributed by atoms with E-state index < -0.39 is 0 Å². The van der Waals surface area contributed by atoms with Gasteiger partial charge in [-0.3, -0.25) is 4.99 Å². The molecule has 0 saturated carbocycles. The summed E-state index contributed by atoms with van der Waals surface area (Å²) in [5, 5.41) is 11.3. The summed E-state index contributed by atoms with van der Waals surface area (Å²) < 4.78 is 12.4. The van der Waals surface area contributed by atoms with Crippen LogP contribution in [0.2, 0.25) is 0 Å². The summed E-state index contributed by atoms with van der Waals surface area (Å²) in [5.41, 5.74) is 3.44. The van der Waals surface area contributed by atoms with Crippen molar-refractivity contribution in [3.63, 3.8) is 0 Å². The van der Waals surface area contributed by atoms with Gasteiger partial charge in [0.15, 0.2) is 5.96 Å². The molecule has 1 aromatic heterocycles. The van der Waals surface area contributed by atoms with Gasteiger partial charge in [-0.1, -0.05) is 18.2 Å². The zero-order valence-corrected chi connectivity index (χ0v) is 18.0. The first-order valence-corrected chi connectivity index (χ1v) is 10.4. The van der Waals surface area contributed by atoms with E-state index in [2.05, 4.69) is 52.9 Å². The number of methoxy groups -OCH3 is 1. The first-order valence-electron chi connectivity index (χ1n) is 10.4. The number of para-hydroxylation sites is 1. The van der Waals surface area contributed by atoms with Crippen molar-refractivity contribution in [1.82, 2.24) is 20.4 Å². The van der Waals surface area contributed by atoms with E-state index in [1.54, 1.807) is 7.11 Å². The Hall–Kier alpha value is -2.38. The second-order valence-corrected chi connectivity index (χ2v) is 6.77. The van der Waals surface area contributed by atoms with Gasteiger partial charge in [0, 0.05) is 39.5 Å². The van der Waals surface area contributed by atoms with E-state index >= 15 is 0 Å². The normalized spacial score (nSPS) is 11.6. The minimum absolute atomic E-state index is 0.640. The largest absolute Gasteiger partial charge is 0.382 e. The molecule has 0 fully saturated rings. The Labute approximate surface area is 174 Å². The third kappa shape index (κ3) is 8.66. The number of benzene rings is 1. The summed E-state index contributed by atoms with van der Waals surface area (Å²) in [5.74, 6) is 0.862. The molecule has 7 heteroatoms. The molecular weight excluding hydrogens is 366 g/mol. The van der Waals surface area contributed by atoms with Crippen molar-refractivity contribution in [2.45, 2.75) is 33.1 Å². The number of hydrogen-bond acceptors (Lipinski definition) is 4. The Morgan fingerprint density at radius 1 is 1.10 bits per heavy atom. The SMILES string of the molecule is CCNC(=NCCCc1cn(-c2ccccc2)nc1C)NCCCOCCOC. The molecule has 0 saturated heterocycles. The molecule has 0 bridgehead atoms. The van der Waals surface area contributed by atoms with Gasteiger partial charge in [-0.15, -0.1) is 0 Å². The zero-order chi connectivity index (χ0) is 20.7. The molecule has 2 aromatic rings. The van der Waals surface area contributed by atoms with Crippen LogP contribution in [0.1, 0.15) is 31.0 Å². The van der Waals surface area contributed by atoms with Crippen LogP contribution in [-0.2, 0) is 15.9 Å². The van der Waals surface area contributed by atoms with Crippen molar-refractivity contribution in [1.29, 1.82) is 0 Å². The standard InChI is InChI=1S/C22H35N5O2/c1-4-23-22(25-14-9-15-29-17-16-28-3)24-13-8-10-20-18-27(26-19(20)2)21-11-6-5-7-12-21/h5-7,11-12,18H,4,8-10,13-17H2,1-3H3,(H2,23,24,25). The lowest BCUT2D eigenvalue weighted by Gasteiger charge is -2.11. The molecule has 7 nitrogen and oxygen atoms in total. The molecule has 29 heavy (non-hydrogen) atoms. The predicted molar refractivity (Wildman–Crippen MR) is 118 cm³/mol. The van der Waals surface area contributed by atoms with E-state index in [9.17, 15) is 0 Å². The van der Waals surface area contributed by atoms with Gasteiger partial charge in [0.05, 0.1) is 24.6 Å². The molecule has 0 unspecified atom stereocenters. The average Bonchev–Trinajstić information content (AvgIpc) is 3.11. The van der Waals surface area contributed by atoms with Crippen LogP contribution in [0.5, 0.6) is 0 Å². The second-order valence-electron chi connectivity index (χ2n) is 6.77. The Morgan fingerprint density at radius 2 is 1.93 bits per heavy atom. The molecule has 0 aliphatic rings. The highest BCUT2D eigenvalue weighted by molar-refractivity contribution is 5.79. The van der Waals surface area contributed by atoms with Gasteiger partial charge in [0.25, 0.3) is 0 Å². The van der Waals surface area contributed by atoms with Crippen molar-refractivity contribution in [3.05, 3.63) is 47.8 Å². The quantitative estimate of drug-likeness (QED) is 0.307. The molecule has 160 valence electrons. The smallest absolute Gasteiger partial charge is 0.191 e. The lowest BCUT2D eigenvalue weighted by Crippen LogP contribution is -2.38. The van der Waals surface area contributed by atoms with Crippen molar-refractivity contribution in [2.24, 2.45) is 4.99 Å². The van der Waals surface area contributed by atoms with Crippen LogP contribution in [0.25, 0.3) is 5.69 Å². The molecule has 2 N–H and O–H groups in total. The maximum atomic E-state index is 5.48.